The number of amides is 1. The van der Waals surface area contributed by atoms with Crippen LogP contribution in [0.1, 0.15) is 36.7 Å². The van der Waals surface area contributed by atoms with Crippen LogP contribution in [0, 0.1) is 10.1 Å². The van der Waals surface area contributed by atoms with Crippen molar-refractivity contribution in [2.45, 2.75) is 32.2 Å². The lowest BCUT2D eigenvalue weighted by Gasteiger charge is -2.33. The molecule has 2 N–H and O–H groups in total. The van der Waals surface area contributed by atoms with Crippen LogP contribution in [-0.2, 0) is 0 Å². The van der Waals surface area contributed by atoms with Gasteiger partial charge >= 0.3 is 5.82 Å². The number of aromatic nitrogens is 1. The third-order valence-electron chi connectivity index (χ3n) is 3.53. The molecule has 0 saturated carbocycles. The molecule has 1 atom stereocenters. The van der Waals surface area contributed by atoms with E-state index >= 15 is 0 Å². The molecule has 2 heterocycles. The van der Waals surface area contributed by atoms with Crippen molar-refractivity contribution in [3.8, 4) is 0 Å². The van der Waals surface area contributed by atoms with Gasteiger partial charge in [-0.05, 0) is 36.8 Å². The number of piperidine rings is 1. The SMILES string of the molecule is CCCN(C(=O)c1ccc([N+](=O)[O-])[nH]1)C1CCCNC1. The van der Waals surface area contributed by atoms with Crippen molar-refractivity contribution in [1.82, 2.24) is 15.2 Å². The summed E-state index contributed by atoms with van der Waals surface area (Å²) in [5.74, 6) is -0.305. The molecule has 1 aliphatic heterocycles. The van der Waals surface area contributed by atoms with E-state index in [4.69, 9.17) is 0 Å². The summed E-state index contributed by atoms with van der Waals surface area (Å²) in [5.41, 5.74) is 0.288. The molecule has 0 aliphatic carbocycles. The van der Waals surface area contributed by atoms with Crippen molar-refractivity contribution in [3.05, 3.63) is 27.9 Å². The second-order valence-electron chi connectivity index (χ2n) is 5.01. The zero-order chi connectivity index (χ0) is 14.5. The number of aromatic amines is 1. The highest BCUT2D eigenvalue weighted by Gasteiger charge is 2.28. The zero-order valence-electron chi connectivity index (χ0n) is 11.6. The van der Waals surface area contributed by atoms with Crippen molar-refractivity contribution in [1.29, 1.82) is 0 Å². The highest BCUT2D eigenvalue weighted by molar-refractivity contribution is 5.93. The number of nitrogens with one attached hydrogen (secondary N) is 2. The Labute approximate surface area is 117 Å². The first-order chi connectivity index (χ1) is 9.63. The van der Waals surface area contributed by atoms with E-state index in [2.05, 4.69) is 10.3 Å². The van der Waals surface area contributed by atoms with Gasteiger partial charge in [0.2, 0.25) is 0 Å². The average Bonchev–Trinajstić information content (AvgIpc) is 2.95. The molecule has 1 amide bonds. The van der Waals surface area contributed by atoms with Crippen molar-refractivity contribution >= 4 is 11.7 Å². The maximum Gasteiger partial charge on any atom is 0.321 e. The van der Waals surface area contributed by atoms with Gasteiger partial charge < -0.3 is 20.3 Å². The van der Waals surface area contributed by atoms with Gasteiger partial charge in [-0.1, -0.05) is 6.92 Å². The first-order valence-corrected chi connectivity index (χ1v) is 6.98. The number of nitrogens with zero attached hydrogens (tertiary/aromatic N) is 2. The molecule has 1 fully saturated rings. The average molecular weight is 280 g/mol. The fourth-order valence-corrected chi connectivity index (χ4v) is 2.56. The van der Waals surface area contributed by atoms with Crippen LogP contribution in [0.3, 0.4) is 0 Å². The predicted octanol–water partition coefficient (Wildman–Crippen LogP) is 1.53. The number of carbonyl (C=O) groups is 1. The summed E-state index contributed by atoms with van der Waals surface area (Å²) in [6.45, 7) is 4.46. The molecule has 1 aromatic rings. The van der Waals surface area contributed by atoms with Gasteiger partial charge in [0.05, 0.1) is 0 Å². The largest absolute Gasteiger partial charge is 0.358 e. The minimum absolute atomic E-state index is 0.147. The fraction of sp³-hybridized carbons (Fsp3) is 0.615. The van der Waals surface area contributed by atoms with Crippen molar-refractivity contribution in [3.63, 3.8) is 0 Å². The number of nitro groups is 1. The lowest BCUT2D eigenvalue weighted by molar-refractivity contribution is -0.389. The molecule has 0 radical (unpaired) electrons. The molecule has 0 aromatic carbocycles. The summed E-state index contributed by atoms with van der Waals surface area (Å²) in [6, 6.07) is 2.98. The summed E-state index contributed by atoms with van der Waals surface area (Å²) in [4.78, 5) is 27.1. The van der Waals surface area contributed by atoms with E-state index in [1.54, 1.807) is 0 Å². The van der Waals surface area contributed by atoms with Gasteiger partial charge in [-0.15, -0.1) is 0 Å². The van der Waals surface area contributed by atoms with Gasteiger partial charge in [0.25, 0.3) is 5.91 Å². The second kappa shape index (κ2) is 6.51. The van der Waals surface area contributed by atoms with Crippen LogP contribution in [-0.4, -0.2) is 46.4 Å². The van der Waals surface area contributed by atoms with Crippen LogP contribution in [0.15, 0.2) is 12.1 Å². The Morgan fingerprint density at radius 1 is 1.55 bits per heavy atom. The number of rotatable bonds is 5. The van der Waals surface area contributed by atoms with E-state index in [0.717, 1.165) is 32.4 Å². The van der Waals surface area contributed by atoms with Crippen molar-refractivity contribution < 1.29 is 9.72 Å². The van der Waals surface area contributed by atoms with E-state index in [-0.39, 0.29) is 23.5 Å². The third kappa shape index (κ3) is 3.16. The molecule has 1 aliphatic rings. The van der Waals surface area contributed by atoms with Gasteiger partial charge in [0.1, 0.15) is 0 Å². The second-order valence-corrected chi connectivity index (χ2v) is 5.01. The quantitative estimate of drug-likeness (QED) is 0.632. The maximum atomic E-state index is 12.5. The summed E-state index contributed by atoms with van der Waals surface area (Å²) in [5, 5.41) is 14.0. The van der Waals surface area contributed by atoms with Crippen molar-refractivity contribution in [2.24, 2.45) is 0 Å². The predicted molar refractivity (Wildman–Crippen MR) is 74.7 cm³/mol. The van der Waals surface area contributed by atoms with Gasteiger partial charge in [-0.25, -0.2) is 4.98 Å². The molecule has 0 spiro atoms. The van der Waals surface area contributed by atoms with Gasteiger partial charge in [-0.3, -0.25) is 4.79 Å². The van der Waals surface area contributed by atoms with Crippen LogP contribution in [0.2, 0.25) is 0 Å². The molecule has 110 valence electrons. The van der Waals surface area contributed by atoms with Crippen LogP contribution in [0.5, 0.6) is 0 Å². The van der Waals surface area contributed by atoms with Crippen LogP contribution in [0.25, 0.3) is 0 Å². The number of hydrogen-bond donors (Lipinski definition) is 2. The van der Waals surface area contributed by atoms with Gasteiger partial charge in [-0.2, -0.15) is 0 Å². The van der Waals surface area contributed by atoms with E-state index in [1.807, 2.05) is 11.8 Å². The molecular weight excluding hydrogens is 260 g/mol. The Morgan fingerprint density at radius 3 is 2.90 bits per heavy atom. The Hall–Kier alpha value is -1.89. The minimum atomic E-state index is -0.525. The molecule has 7 nitrogen and oxygen atoms in total. The Bertz CT molecular complexity index is 480. The van der Waals surface area contributed by atoms with Gasteiger partial charge in [0.15, 0.2) is 5.69 Å². The zero-order valence-corrected chi connectivity index (χ0v) is 11.6. The fourth-order valence-electron chi connectivity index (χ4n) is 2.56. The highest BCUT2D eigenvalue weighted by atomic mass is 16.6. The van der Waals surface area contributed by atoms with Crippen molar-refractivity contribution in [2.75, 3.05) is 19.6 Å². The number of hydrogen-bond acceptors (Lipinski definition) is 4. The number of H-pyrrole nitrogens is 1. The van der Waals surface area contributed by atoms with Crippen LogP contribution >= 0.6 is 0 Å². The molecule has 1 unspecified atom stereocenters. The van der Waals surface area contributed by atoms with Gasteiger partial charge in [0, 0.05) is 25.2 Å². The molecule has 20 heavy (non-hydrogen) atoms. The first kappa shape index (κ1) is 14.5. The molecule has 1 saturated heterocycles. The molecule has 0 bridgehead atoms. The topological polar surface area (TPSA) is 91.3 Å². The monoisotopic (exact) mass is 280 g/mol. The van der Waals surface area contributed by atoms with E-state index in [0.29, 0.717) is 6.54 Å². The molecule has 7 heteroatoms. The molecular formula is C13H20N4O3. The standard InChI is InChI=1S/C13H20N4O3/c1-2-8-16(10-4-3-7-14-9-10)13(18)11-5-6-12(15-11)17(19)20/h5-6,10,14-15H,2-4,7-9H2,1H3. The molecule has 2 rings (SSSR count). The third-order valence-corrected chi connectivity index (χ3v) is 3.53. The number of carbonyl (C=O) groups excluding carboxylic acids is 1. The smallest absolute Gasteiger partial charge is 0.321 e. The Morgan fingerprint density at radius 2 is 2.35 bits per heavy atom. The Kier molecular flexibility index (Phi) is 4.73. The van der Waals surface area contributed by atoms with E-state index in [1.165, 1.54) is 12.1 Å². The molecule has 1 aromatic heterocycles. The summed E-state index contributed by atoms with van der Waals surface area (Å²) in [6.07, 6.45) is 2.88. The maximum absolute atomic E-state index is 12.5. The Balaban J connectivity index is 2.14. The lowest BCUT2D eigenvalue weighted by Crippen LogP contribution is -2.49. The lowest BCUT2D eigenvalue weighted by atomic mass is 10.1. The van der Waals surface area contributed by atoms with Crippen LogP contribution in [0.4, 0.5) is 5.82 Å². The normalized spacial score (nSPS) is 18.8. The van der Waals surface area contributed by atoms with Crippen LogP contribution < -0.4 is 5.32 Å². The summed E-state index contributed by atoms with van der Waals surface area (Å²) < 4.78 is 0. The van der Waals surface area contributed by atoms with E-state index < -0.39 is 4.92 Å². The minimum Gasteiger partial charge on any atom is -0.358 e. The van der Waals surface area contributed by atoms with E-state index in [9.17, 15) is 14.9 Å². The summed E-state index contributed by atoms with van der Waals surface area (Å²) >= 11 is 0. The first-order valence-electron chi connectivity index (χ1n) is 6.98. The summed E-state index contributed by atoms with van der Waals surface area (Å²) in [7, 11) is 0. The highest BCUT2D eigenvalue weighted by Crippen LogP contribution is 2.17.